The Balaban J connectivity index is 1.37. The average molecular weight is 534 g/mol. The van der Waals surface area contributed by atoms with E-state index in [2.05, 4.69) is 24.5 Å². The Kier molecular flexibility index (Phi) is 7.60. The number of carbonyl (C=O) groups excluding carboxylic acids is 3. The zero-order chi connectivity index (χ0) is 27.0. The van der Waals surface area contributed by atoms with Crippen molar-refractivity contribution in [3.05, 3.63) is 65.2 Å². The van der Waals surface area contributed by atoms with Crippen molar-refractivity contribution in [1.29, 1.82) is 0 Å². The molecule has 0 spiro atoms. The number of rotatable bonds is 7. The van der Waals surface area contributed by atoms with Crippen molar-refractivity contribution in [3.63, 3.8) is 0 Å². The number of halogens is 3. The SMILES string of the molecule is CC1CCC(C)N1C(=O)c1ccc([C@@H](C)NC(=O)C2(NC(=O)c3cccc(SC(F)(F)F)c3)CC2)cc1. The molecule has 3 amide bonds. The van der Waals surface area contributed by atoms with Crippen LogP contribution in [0.1, 0.15) is 78.8 Å². The van der Waals surface area contributed by atoms with Crippen molar-refractivity contribution in [3.8, 4) is 0 Å². The summed E-state index contributed by atoms with van der Waals surface area (Å²) in [7, 11) is 0. The summed E-state index contributed by atoms with van der Waals surface area (Å²) in [5.41, 5.74) is -4.08. The van der Waals surface area contributed by atoms with Crippen LogP contribution in [0.3, 0.4) is 0 Å². The molecule has 10 heteroatoms. The summed E-state index contributed by atoms with van der Waals surface area (Å²) in [6.07, 6.45) is 2.86. The molecule has 0 radical (unpaired) electrons. The highest BCUT2D eigenvalue weighted by Gasteiger charge is 2.51. The van der Waals surface area contributed by atoms with Gasteiger partial charge in [0.1, 0.15) is 5.54 Å². The van der Waals surface area contributed by atoms with Crippen LogP contribution in [0.2, 0.25) is 0 Å². The van der Waals surface area contributed by atoms with Gasteiger partial charge in [-0.1, -0.05) is 18.2 Å². The zero-order valence-electron chi connectivity index (χ0n) is 20.9. The fourth-order valence-corrected chi connectivity index (χ4v) is 5.33. The lowest BCUT2D eigenvalue weighted by Crippen LogP contribution is -2.49. The molecule has 2 aromatic rings. The van der Waals surface area contributed by atoms with Gasteiger partial charge in [0.2, 0.25) is 5.91 Å². The van der Waals surface area contributed by atoms with Gasteiger partial charge >= 0.3 is 5.51 Å². The fraction of sp³-hybridized carbons (Fsp3) is 0.444. The van der Waals surface area contributed by atoms with Crippen LogP contribution in [0.4, 0.5) is 13.2 Å². The van der Waals surface area contributed by atoms with Gasteiger partial charge in [-0.3, -0.25) is 14.4 Å². The van der Waals surface area contributed by atoms with Crippen molar-refractivity contribution in [2.24, 2.45) is 0 Å². The second-order valence-corrected chi connectivity index (χ2v) is 11.1. The first-order valence-electron chi connectivity index (χ1n) is 12.3. The molecule has 2 aromatic carbocycles. The maximum atomic E-state index is 13.0. The highest BCUT2D eigenvalue weighted by atomic mass is 32.2. The van der Waals surface area contributed by atoms with E-state index < -0.39 is 17.0 Å². The molecule has 37 heavy (non-hydrogen) atoms. The van der Waals surface area contributed by atoms with Gasteiger partial charge in [0, 0.05) is 28.1 Å². The molecule has 2 fully saturated rings. The van der Waals surface area contributed by atoms with Crippen LogP contribution >= 0.6 is 11.8 Å². The van der Waals surface area contributed by atoms with E-state index in [1.54, 1.807) is 12.1 Å². The predicted molar refractivity (Wildman–Crippen MR) is 135 cm³/mol. The Morgan fingerprint density at radius 1 is 1.00 bits per heavy atom. The van der Waals surface area contributed by atoms with Gasteiger partial charge in [-0.25, -0.2) is 0 Å². The third kappa shape index (κ3) is 6.29. The normalized spacial score (nSPS) is 21.3. The van der Waals surface area contributed by atoms with Gasteiger partial charge in [-0.2, -0.15) is 13.2 Å². The molecule has 0 aromatic heterocycles. The van der Waals surface area contributed by atoms with E-state index in [0.29, 0.717) is 18.4 Å². The molecule has 0 bridgehead atoms. The first kappa shape index (κ1) is 27.0. The standard InChI is InChI=1S/C27H30F3N3O3S/c1-16-7-8-17(2)33(16)24(35)20-11-9-19(10-12-20)18(3)31-25(36)26(13-14-26)32-23(34)21-5-4-6-22(15-21)37-27(28,29)30/h4-6,9-12,15-18H,7-8,13-14H2,1-3H3,(H,31,36)(H,32,34)/t16?,17?,18-/m1/s1. The van der Waals surface area contributed by atoms with Crippen molar-refractivity contribution < 1.29 is 27.6 Å². The summed E-state index contributed by atoms with van der Waals surface area (Å²) in [4.78, 5) is 40.5. The lowest BCUT2D eigenvalue weighted by molar-refractivity contribution is -0.124. The molecule has 1 aliphatic carbocycles. The number of thioether (sulfide) groups is 1. The second kappa shape index (κ2) is 10.4. The van der Waals surface area contributed by atoms with Crippen molar-refractivity contribution in [1.82, 2.24) is 15.5 Å². The van der Waals surface area contributed by atoms with Crippen LogP contribution in [-0.2, 0) is 4.79 Å². The Morgan fingerprint density at radius 2 is 1.62 bits per heavy atom. The lowest BCUT2D eigenvalue weighted by atomic mass is 10.0. The summed E-state index contributed by atoms with van der Waals surface area (Å²) in [5, 5.41) is 5.62. The molecule has 2 unspecified atom stereocenters. The van der Waals surface area contributed by atoms with Crippen LogP contribution in [0, 0.1) is 0 Å². The topological polar surface area (TPSA) is 78.5 Å². The number of hydrogen-bond donors (Lipinski definition) is 2. The van der Waals surface area contributed by atoms with Crippen LogP contribution in [0.5, 0.6) is 0 Å². The lowest BCUT2D eigenvalue weighted by Gasteiger charge is -2.26. The Labute approximate surface area is 218 Å². The van der Waals surface area contributed by atoms with Gasteiger partial charge < -0.3 is 15.5 Å². The Bertz CT molecular complexity index is 1170. The van der Waals surface area contributed by atoms with Crippen LogP contribution in [-0.4, -0.2) is 45.8 Å². The molecule has 3 atom stereocenters. The third-order valence-corrected chi connectivity index (χ3v) is 7.78. The Morgan fingerprint density at radius 3 is 2.19 bits per heavy atom. The predicted octanol–water partition coefficient (Wildman–Crippen LogP) is 5.45. The number of alkyl halides is 3. The molecule has 6 nitrogen and oxygen atoms in total. The minimum Gasteiger partial charge on any atom is -0.348 e. The number of nitrogens with one attached hydrogen (secondary N) is 2. The molecule has 1 saturated heterocycles. The van der Waals surface area contributed by atoms with Gasteiger partial charge in [0.05, 0.1) is 6.04 Å². The molecule has 2 aliphatic rings. The molecule has 1 saturated carbocycles. The minimum absolute atomic E-state index is 0.00177. The second-order valence-electron chi connectivity index (χ2n) is 9.92. The molecule has 198 valence electrons. The highest BCUT2D eigenvalue weighted by Crippen LogP contribution is 2.38. The van der Waals surface area contributed by atoms with Gasteiger partial charge in [0.25, 0.3) is 11.8 Å². The van der Waals surface area contributed by atoms with E-state index in [0.717, 1.165) is 24.5 Å². The molecule has 1 heterocycles. The first-order chi connectivity index (χ1) is 17.4. The maximum Gasteiger partial charge on any atom is 0.446 e. The van der Waals surface area contributed by atoms with E-state index in [1.165, 1.54) is 18.2 Å². The fourth-order valence-electron chi connectivity index (χ4n) is 4.73. The van der Waals surface area contributed by atoms with Crippen molar-refractivity contribution >= 4 is 29.5 Å². The Hall–Kier alpha value is -3.01. The van der Waals surface area contributed by atoms with Gasteiger partial charge in [-0.15, -0.1) is 0 Å². The average Bonchev–Trinajstić information content (AvgIpc) is 3.55. The molecule has 4 rings (SSSR count). The van der Waals surface area contributed by atoms with Crippen molar-refractivity contribution in [2.45, 2.75) is 80.5 Å². The number of nitrogens with zero attached hydrogens (tertiary/aromatic N) is 1. The monoisotopic (exact) mass is 533 g/mol. The minimum atomic E-state index is -4.46. The number of amides is 3. The van der Waals surface area contributed by atoms with E-state index >= 15 is 0 Å². The quantitative estimate of drug-likeness (QED) is 0.464. The molecular formula is C27H30F3N3O3S. The molecule has 1 aliphatic heterocycles. The summed E-state index contributed by atoms with van der Waals surface area (Å²) in [6, 6.07) is 12.4. The van der Waals surface area contributed by atoms with Crippen LogP contribution < -0.4 is 10.6 Å². The number of likely N-dealkylation sites (tertiary alicyclic amines) is 1. The summed E-state index contributed by atoms with van der Waals surface area (Å²) < 4.78 is 38.0. The number of hydrogen-bond acceptors (Lipinski definition) is 4. The number of carbonyl (C=O) groups is 3. The van der Waals surface area contributed by atoms with Crippen molar-refractivity contribution in [2.75, 3.05) is 0 Å². The highest BCUT2D eigenvalue weighted by molar-refractivity contribution is 8.00. The van der Waals surface area contributed by atoms with Crippen LogP contribution in [0.25, 0.3) is 0 Å². The van der Waals surface area contributed by atoms with Gasteiger partial charge in [-0.05, 0) is 94.1 Å². The number of benzene rings is 2. The summed E-state index contributed by atoms with van der Waals surface area (Å²) in [6.45, 7) is 5.92. The first-order valence-corrected chi connectivity index (χ1v) is 13.1. The van der Waals surface area contributed by atoms with E-state index in [-0.39, 0.29) is 52.2 Å². The third-order valence-electron chi connectivity index (χ3n) is 7.06. The van der Waals surface area contributed by atoms with E-state index in [4.69, 9.17) is 0 Å². The molecule has 2 N–H and O–H groups in total. The van der Waals surface area contributed by atoms with E-state index in [9.17, 15) is 27.6 Å². The largest absolute Gasteiger partial charge is 0.446 e. The summed E-state index contributed by atoms with van der Waals surface area (Å²) in [5.74, 6) is -0.953. The van der Waals surface area contributed by atoms with Crippen LogP contribution in [0.15, 0.2) is 53.4 Å². The van der Waals surface area contributed by atoms with E-state index in [1.807, 2.05) is 24.0 Å². The smallest absolute Gasteiger partial charge is 0.348 e. The maximum absolute atomic E-state index is 13.0. The summed E-state index contributed by atoms with van der Waals surface area (Å²) >= 11 is -0.295. The molecular weight excluding hydrogens is 503 g/mol. The zero-order valence-corrected chi connectivity index (χ0v) is 21.7. The van der Waals surface area contributed by atoms with Gasteiger partial charge in [0.15, 0.2) is 0 Å².